The van der Waals surface area contributed by atoms with Crippen molar-refractivity contribution in [3.05, 3.63) is 42.1 Å². The fraction of sp³-hybridized carbons (Fsp3) is 0.500. The number of hydrogen-bond acceptors (Lipinski definition) is 0. The van der Waals surface area contributed by atoms with Crippen molar-refractivity contribution in [3.8, 4) is 0 Å². The van der Waals surface area contributed by atoms with Crippen LogP contribution in [-0.2, 0) is 6.54 Å². The monoisotopic (exact) mass is 270 g/mol. The highest BCUT2D eigenvalue weighted by Crippen LogP contribution is 2.17. The molecule has 1 aromatic carbocycles. The molecule has 0 aliphatic carbocycles. The number of para-hydroxylation sites is 1. The van der Waals surface area contributed by atoms with Gasteiger partial charge in [-0.3, -0.25) is 0 Å². The topological polar surface area (TPSA) is 3.88 Å². The van der Waals surface area contributed by atoms with Gasteiger partial charge in [-0.1, -0.05) is 12.1 Å². The fourth-order valence-corrected chi connectivity index (χ4v) is 3.57. The Morgan fingerprint density at radius 3 is 2.65 bits per heavy atom. The standard InChI is InChI=1S/C18H26N2/c1-16-10-12-19(18-9-4-3-8-17(16)18)11-7-15-20(2)13-5-6-14-20/h3-4,8-10,12H,5-7,11,13-15H2,1-2H3/q+2. The van der Waals surface area contributed by atoms with Crippen LogP contribution in [0.1, 0.15) is 24.8 Å². The summed E-state index contributed by atoms with van der Waals surface area (Å²) in [7, 11) is 2.42. The van der Waals surface area contributed by atoms with Crippen molar-refractivity contribution >= 4 is 10.9 Å². The van der Waals surface area contributed by atoms with E-state index in [9.17, 15) is 0 Å². The predicted molar refractivity (Wildman–Crippen MR) is 83.5 cm³/mol. The first-order valence-corrected chi connectivity index (χ1v) is 7.89. The Kier molecular flexibility index (Phi) is 3.75. The molecule has 1 fully saturated rings. The van der Waals surface area contributed by atoms with Crippen molar-refractivity contribution in [3.63, 3.8) is 0 Å². The number of nitrogens with zero attached hydrogens (tertiary/aromatic N) is 2. The third-order valence-electron chi connectivity index (χ3n) is 4.89. The average Bonchev–Trinajstić information content (AvgIpc) is 2.89. The van der Waals surface area contributed by atoms with Gasteiger partial charge in [0.05, 0.1) is 33.1 Å². The zero-order chi connectivity index (χ0) is 14.0. The van der Waals surface area contributed by atoms with Gasteiger partial charge in [-0.15, -0.1) is 0 Å². The van der Waals surface area contributed by atoms with Gasteiger partial charge in [0.25, 0.3) is 0 Å². The average molecular weight is 270 g/mol. The number of aromatic nitrogens is 1. The first kappa shape index (κ1) is 13.6. The molecule has 0 radical (unpaired) electrons. The van der Waals surface area contributed by atoms with E-state index < -0.39 is 0 Å². The van der Waals surface area contributed by atoms with E-state index in [2.05, 4.69) is 55.1 Å². The number of fused-ring (bicyclic) bond motifs is 1. The Morgan fingerprint density at radius 2 is 1.85 bits per heavy atom. The number of benzene rings is 1. The number of hydrogen-bond donors (Lipinski definition) is 0. The molecule has 20 heavy (non-hydrogen) atoms. The number of rotatable bonds is 4. The van der Waals surface area contributed by atoms with Crippen LogP contribution < -0.4 is 4.57 Å². The maximum atomic E-state index is 2.42. The van der Waals surface area contributed by atoms with Crippen LogP contribution in [0.25, 0.3) is 10.9 Å². The molecule has 0 spiro atoms. The second-order valence-corrected chi connectivity index (χ2v) is 6.56. The highest BCUT2D eigenvalue weighted by Gasteiger charge is 2.26. The van der Waals surface area contributed by atoms with Crippen molar-refractivity contribution in [1.82, 2.24) is 0 Å². The molecule has 1 aliphatic heterocycles. The van der Waals surface area contributed by atoms with Crippen LogP contribution >= 0.6 is 0 Å². The van der Waals surface area contributed by atoms with Crippen molar-refractivity contribution < 1.29 is 9.05 Å². The molecule has 0 bridgehead atoms. The summed E-state index contributed by atoms with van der Waals surface area (Å²) in [5.41, 5.74) is 2.74. The van der Waals surface area contributed by atoms with Crippen LogP contribution in [0.3, 0.4) is 0 Å². The minimum Gasteiger partial charge on any atom is -0.326 e. The molecule has 0 N–H and O–H groups in total. The van der Waals surface area contributed by atoms with Gasteiger partial charge in [0.1, 0.15) is 0 Å². The quantitative estimate of drug-likeness (QED) is 0.594. The summed E-state index contributed by atoms with van der Waals surface area (Å²) in [6.45, 7) is 7.39. The molecule has 0 atom stereocenters. The minimum absolute atomic E-state index is 1.13. The molecule has 0 saturated carbocycles. The highest BCUT2D eigenvalue weighted by atomic mass is 15.3. The molecule has 1 aliphatic rings. The van der Waals surface area contributed by atoms with Crippen molar-refractivity contribution in [1.29, 1.82) is 0 Å². The van der Waals surface area contributed by atoms with Gasteiger partial charge in [0.15, 0.2) is 12.7 Å². The zero-order valence-electron chi connectivity index (χ0n) is 12.8. The van der Waals surface area contributed by atoms with Gasteiger partial charge in [-0.2, -0.15) is 4.57 Å². The normalized spacial score (nSPS) is 17.7. The van der Waals surface area contributed by atoms with Crippen LogP contribution in [-0.4, -0.2) is 31.2 Å². The Morgan fingerprint density at radius 1 is 1.10 bits per heavy atom. The minimum atomic E-state index is 1.13. The molecular formula is C18H26N2+2. The smallest absolute Gasteiger partial charge is 0.212 e. The SMILES string of the molecule is Cc1cc[n+](CCC[N+]2(C)CCCC2)c2ccccc12. The number of pyridine rings is 1. The van der Waals surface area contributed by atoms with Crippen LogP contribution in [0.5, 0.6) is 0 Å². The third kappa shape index (κ3) is 2.71. The highest BCUT2D eigenvalue weighted by molar-refractivity contribution is 5.78. The molecule has 1 aromatic heterocycles. The Balaban J connectivity index is 1.73. The molecule has 0 unspecified atom stereocenters. The maximum absolute atomic E-state index is 2.42. The van der Waals surface area contributed by atoms with E-state index in [-0.39, 0.29) is 0 Å². The molecule has 106 valence electrons. The summed E-state index contributed by atoms with van der Waals surface area (Å²) in [6, 6.07) is 11.0. The van der Waals surface area contributed by atoms with Crippen LogP contribution in [0.2, 0.25) is 0 Å². The molecule has 2 aromatic rings. The molecule has 2 heterocycles. The summed E-state index contributed by atoms with van der Waals surface area (Å²) in [5, 5.41) is 1.39. The maximum Gasteiger partial charge on any atom is 0.212 e. The fourth-order valence-electron chi connectivity index (χ4n) is 3.57. The van der Waals surface area contributed by atoms with E-state index in [1.165, 1.54) is 59.8 Å². The van der Waals surface area contributed by atoms with Gasteiger partial charge in [-0.05, 0) is 18.6 Å². The van der Waals surface area contributed by atoms with Gasteiger partial charge in [0.2, 0.25) is 5.52 Å². The van der Waals surface area contributed by atoms with E-state index in [4.69, 9.17) is 0 Å². The van der Waals surface area contributed by atoms with E-state index in [1.54, 1.807) is 0 Å². The van der Waals surface area contributed by atoms with Gasteiger partial charge < -0.3 is 4.48 Å². The lowest BCUT2D eigenvalue weighted by Gasteiger charge is -2.28. The summed E-state index contributed by atoms with van der Waals surface area (Å²) < 4.78 is 3.70. The van der Waals surface area contributed by atoms with Gasteiger partial charge in [-0.25, -0.2) is 0 Å². The molecule has 1 saturated heterocycles. The van der Waals surface area contributed by atoms with Crippen LogP contribution in [0.15, 0.2) is 36.5 Å². The zero-order valence-corrected chi connectivity index (χ0v) is 12.8. The lowest BCUT2D eigenvalue weighted by molar-refractivity contribution is -0.899. The number of likely N-dealkylation sites (tertiary alicyclic amines) is 1. The lowest BCUT2D eigenvalue weighted by Crippen LogP contribution is -2.44. The lowest BCUT2D eigenvalue weighted by atomic mass is 10.1. The van der Waals surface area contributed by atoms with Gasteiger partial charge in [0, 0.05) is 30.4 Å². The summed E-state index contributed by atoms with van der Waals surface area (Å²) >= 11 is 0. The molecule has 0 amide bonds. The van der Waals surface area contributed by atoms with E-state index >= 15 is 0 Å². The van der Waals surface area contributed by atoms with Crippen molar-refractivity contribution in [2.45, 2.75) is 32.7 Å². The number of quaternary nitrogens is 1. The summed E-state index contributed by atoms with van der Waals surface area (Å²) in [5.74, 6) is 0. The predicted octanol–water partition coefficient (Wildman–Crippen LogP) is 3.07. The van der Waals surface area contributed by atoms with Crippen LogP contribution in [0.4, 0.5) is 0 Å². The second-order valence-electron chi connectivity index (χ2n) is 6.56. The Bertz CT molecular complexity index is 597. The number of aryl methyl sites for hydroxylation is 2. The first-order valence-electron chi connectivity index (χ1n) is 7.89. The van der Waals surface area contributed by atoms with Crippen molar-refractivity contribution in [2.24, 2.45) is 0 Å². The molecular weight excluding hydrogens is 244 g/mol. The van der Waals surface area contributed by atoms with E-state index in [0.29, 0.717) is 0 Å². The van der Waals surface area contributed by atoms with E-state index in [1.807, 2.05) is 0 Å². The Hall–Kier alpha value is -1.41. The van der Waals surface area contributed by atoms with Crippen LogP contribution in [0, 0.1) is 6.92 Å². The molecule has 3 rings (SSSR count). The third-order valence-corrected chi connectivity index (χ3v) is 4.89. The first-order chi connectivity index (χ1) is 9.68. The molecule has 2 heteroatoms. The summed E-state index contributed by atoms with van der Waals surface area (Å²) in [4.78, 5) is 0. The van der Waals surface area contributed by atoms with Crippen molar-refractivity contribution in [2.75, 3.05) is 26.7 Å². The summed E-state index contributed by atoms with van der Waals surface area (Å²) in [6.07, 6.45) is 6.35. The molecule has 2 nitrogen and oxygen atoms in total. The second kappa shape index (κ2) is 5.53. The van der Waals surface area contributed by atoms with Gasteiger partial charge >= 0.3 is 0 Å². The largest absolute Gasteiger partial charge is 0.326 e. The van der Waals surface area contributed by atoms with E-state index in [0.717, 1.165) is 6.54 Å². The Labute approximate surface area is 122 Å².